The van der Waals surface area contributed by atoms with Crippen LogP contribution >= 0.6 is 0 Å². The van der Waals surface area contributed by atoms with Gasteiger partial charge in [0.15, 0.2) is 0 Å². The molecule has 0 spiro atoms. The number of para-hydroxylation sites is 2. The Morgan fingerprint density at radius 3 is 2.94 bits per heavy atom. The Labute approximate surface area is 102 Å². The molecule has 0 radical (unpaired) electrons. The molecule has 0 aliphatic heterocycles. The van der Waals surface area contributed by atoms with E-state index in [1.54, 1.807) is 5.57 Å². The predicted molar refractivity (Wildman–Crippen MR) is 72.8 cm³/mol. The van der Waals surface area contributed by atoms with Gasteiger partial charge in [-0.25, -0.2) is 0 Å². The van der Waals surface area contributed by atoms with Gasteiger partial charge >= 0.3 is 0 Å². The maximum atomic E-state index is 5.97. The van der Waals surface area contributed by atoms with Gasteiger partial charge in [0.05, 0.1) is 11.4 Å². The highest BCUT2D eigenvalue weighted by molar-refractivity contribution is 5.66. The Morgan fingerprint density at radius 2 is 2.06 bits per heavy atom. The van der Waals surface area contributed by atoms with Crippen LogP contribution in [0.25, 0.3) is 0 Å². The molecule has 2 aliphatic rings. The van der Waals surface area contributed by atoms with Gasteiger partial charge in [-0.1, -0.05) is 30.4 Å². The van der Waals surface area contributed by atoms with Gasteiger partial charge in [-0.2, -0.15) is 0 Å². The highest BCUT2D eigenvalue weighted by atomic mass is 14.9. The van der Waals surface area contributed by atoms with Crippen LogP contribution in [0.2, 0.25) is 0 Å². The van der Waals surface area contributed by atoms with Gasteiger partial charge < -0.3 is 11.1 Å². The van der Waals surface area contributed by atoms with Crippen molar-refractivity contribution >= 4 is 11.4 Å². The topological polar surface area (TPSA) is 38.0 Å². The third-order valence-corrected chi connectivity index (χ3v) is 3.81. The lowest BCUT2D eigenvalue weighted by Gasteiger charge is -2.21. The van der Waals surface area contributed by atoms with Crippen LogP contribution in [-0.2, 0) is 0 Å². The maximum Gasteiger partial charge on any atom is 0.0578 e. The number of hydrogen-bond donors (Lipinski definition) is 2. The van der Waals surface area contributed by atoms with Gasteiger partial charge in [-0.15, -0.1) is 0 Å². The molecule has 2 unspecified atom stereocenters. The standard InChI is InChI=1S/C15H18N2/c16-13-7-3-4-8-15(13)17-14-10-9-11-5-1-2-6-12(11)14/h1-4,6-8,11,14,17H,5,9-10,16H2. The first kappa shape index (κ1) is 10.5. The summed E-state index contributed by atoms with van der Waals surface area (Å²) < 4.78 is 0. The van der Waals surface area contributed by atoms with Crippen LogP contribution in [0.5, 0.6) is 0 Å². The van der Waals surface area contributed by atoms with Gasteiger partial charge in [0.1, 0.15) is 0 Å². The van der Waals surface area contributed by atoms with Crippen LogP contribution in [0.15, 0.2) is 48.1 Å². The Balaban J connectivity index is 1.80. The van der Waals surface area contributed by atoms with E-state index in [1.165, 1.54) is 19.3 Å². The van der Waals surface area contributed by atoms with Crippen molar-refractivity contribution in [3.63, 3.8) is 0 Å². The van der Waals surface area contributed by atoms with Gasteiger partial charge in [0, 0.05) is 6.04 Å². The summed E-state index contributed by atoms with van der Waals surface area (Å²) >= 11 is 0. The smallest absolute Gasteiger partial charge is 0.0578 e. The number of hydrogen-bond acceptors (Lipinski definition) is 2. The minimum absolute atomic E-state index is 0.467. The molecule has 17 heavy (non-hydrogen) atoms. The second-order valence-corrected chi connectivity index (χ2v) is 4.89. The normalized spacial score (nSPS) is 26.5. The molecule has 2 heteroatoms. The molecule has 1 saturated carbocycles. The largest absolute Gasteiger partial charge is 0.397 e. The van der Waals surface area contributed by atoms with Crippen LogP contribution in [0.1, 0.15) is 19.3 Å². The number of nitrogen functional groups attached to an aromatic ring is 1. The lowest BCUT2D eigenvalue weighted by Crippen LogP contribution is -2.20. The highest BCUT2D eigenvalue weighted by Crippen LogP contribution is 2.38. The number of anilines is 2. The molecule has 3 N–H and O–H groups in total. The highest BCUT2D eigenvalue weighted by Gasteiger charge is 2.30. The van der Waals surface area contributed by atoms with E-state index in [-0.39, 0.29) is 0 Å². The minimum atomic E-state index is 0.467. The summed E-state index contributed by atoms with van der Waals surface area (Å²) in [5, 5.41) is 3.58. The van der Waals surface area contributed by atoms with Crippen LogP contribution in [0, 0.1) is 5.92 Å². The maximum absolute atomic E-state index is 5.97. The second-order valence-electron chi connectivity index (χ2n) is 4.89. The zero-order valence-electron chi connectivity index (χ0n) is 9.89. The molecular formula is C15H18N2. The van der Waals surface area contributed by atoms with E-state index in [1.807, 2.05) is 18.2 Å². The number of benzene rings is 1. The first-order valence-corrected chi connectivity index (χ1v) is 6.32. The molecule has 0 heterocycles. The van der Waals surface area contributed by atoms with Gasteiger partial charge in [-0.05, 0) is 42.9 Å². The monoisotopic (exact) mass is 226 g/mol. The predicted octanol–water partition coefficient (Wildman–Crippen LogP) is 3.35. The molecule has 0 bridgehead atoms. The first-order valence-electron chi connectivity index (χ1n) is 6.32. The van der Waals surface area contributed by atoms with Crippen LogP contribution in [0.3, 0.4) is 0 Å². The Hall–Kier alpha value is -1.70. The molecular weight excluding hydrogens is 208 g/mol. The average Bonchev–Trinajstić information content (AvgIpc) is 2.76. The van der Waals surface area contributed by atoms with Crippen molar-refractivity contribution in [3.8, 4) is 0 Å². The molecule has 0 aromatic heterocycles. The minimum Gasteiger partial charge on any atom is -0.397 e. The van der Waals surface area contributed by atoms with Crippen LogP contribution < -0.4 is 11.1 Å². The fraction of sp³-hybridized carbons (Fsp3) is 0.333. The zero-order valence-corrected chi connectivity index (χ0v) is 9.89. The van der Waals surface area contributed by atoms with E-state index in [0.717, 1.165) is 17.3 Å². The average molecular weight is 226 g/mol. The van der Waals surface area contributed by atoms with E-state index in [4.69, 9.17) is 5.73 Å². The van der Waals surface area contributed by atoms with Crippen LogP contribution in [0.4, 0.5) is 11.4 Å². The summed E-state index contributed by atoms with van der Waals surface area (Å²) in [6.45, 7) is 0. The van der Waals surface area contributed by atoms with E-state index in [2.05, 4.69) is 29.6 Å². The molecule has 2 aliphatic carbocycles. The van der Waals surface area contributed by atoms with Gasteiger partial charge in [0.2, 0.25) is 0 Å². The number of fused-ring (bicyclic) bond motifs is 1. The zero-order chi connectivity index (χ0) is 11.7. The lowest BCUT2D eigenvalue weighted by atomic mass is 9.93. The Bertz CT molecular complexity index is 474. The van der Waals surface area contributed by atoms with E-state index >= 15 is 0 Å². The van der Waals surface area contributed by atoms with Crippen molar-refractivity contribution in [2.75, 3.05) is 11.1 Å². The SMILES string of the molecule is Nc1ccccc1NC1CCC2CC=CC=C21. The fourth-order valence-corrected chi connectivity index (χ4v) is 2.89. The molecule has 1 aromatic rings. The number of rotatable bonds is 2. The molecule has 2 atom stereocenters. The lowest BCUT2D eigenvalue weighted by molar-refractivity contribution is 0.632. The van der Waals surface area contributed by atoms with Gasteiger partial charge in [0.25, 0.3) is 0 Å². The number of nitrogens with two attached hydrogens (primary N) is 1. The number of nitrogens with one attached hydrogen (secondary N) is 1. The summed E-state index contributed by atoms with van der Waals surface area (Å²) in [6.07, 6.45) is 10.4. The fourth-order valence-electron chi connectivity index (χ4n) is 2.89. The summed E-state index contributed by atoms with van der Waals surface area (Å²) in [5.41, 5.74) is 9.42. The molecule has 1 aromatic carbocycles. The quantitative estimate of drug-likeness (QED) is 0.759. The van der Waals surface area contributed by atoms with E-state index in [0.29, 0.717) is 6.04 Å². The van der Waals surface area contributed by atoms with Crippen LogP contribution in [-0.4, -0.2) is 6.04 Å². The molecule has 2 nitrogen and oxygen atoms in total. The second kappa shape index (κ2) is 4.28. The third-order valence-electron chi connectivity index (χ3n) is 3.81. The van der Waals surface area contributed by atoms with Crippen molar-refractivity contribution in [2.45, 2.75) is 25.3 Å². The summed E-state index contributed by atoms with van der Waals surface area (Å²) in [5.74, 6) is 0.752. The Kier molecular flexibility index (Phi) is 2.63. The van der Waals surface area contributed by atoms with E-state index in [9.17, 15) is 0 Å². The summed E-state index contributed by atoms with van der Waals surface area (Å²) in [6, 6.07) is 8.47. The van der Waals surface area contributed by atoms with Crippen molar-refractivity contribution in [1.82, 2.24) is 0 Å². The molecule has 0 amide bonds. The molecule has 1 fully saturated rings. The molecule has 3 rings (SSSR count). The first-order chi connectivity index (χ1) is 8.34. The number of allylic oxidation sites excluding steroid dienone is 3. The van der Waals surface area contributed by atoms with E-state index < -0.39 is 0 Å². The van der Waals surface area contributed by atoms with Crippen molar-refractivity contribution in [1.29, 1.82) is 0 Å². The van der Waals surface area contributed by atoms with Crippen molar-refractivity contribution < 1.29 is 0 Å². The van der Waals surface area contributed by atoms with Gasteiger partial charge in [-0.3, -0.25) is 0 Å². The molecule has 0 saturated heterocycles. The Morgan fingerprint density at radius 1 is 1.18 bits per heavy atom. The summed E-state index contributed by atoms with van der Waals surface area (Å²) in [4.78, 5) is 0. The molecule has 88 valence electrons. The third kappa shape index (κ3) is 1.95. The summed E-state index contributed by atoms with van der Waals surface area (Å²) in [7, 11) is 0. The van der Waals surface area contributed by atoms with Crippen molar-refractivity contribution in [3.05, 3.63) is 48.1 Å². The van der Waals surface area contributed by atoms with Crippen molar-refractivity contribution in [2.24, 2.45) is 5.92 Å².